The highest BCUT2D eigenvalue weighted by Gasteiger charge is 2.30. The summed E-state index contributed by atoms with van der Waals surface area (Å²) in [6.07, 6.45) is 4.17. The first-order valence-corrected chi connectivity index (χ1v) is 8.56. The van der Waals surface area contributed by atoms with Crippen LogP contribution in [0.4, 0.5) is 5.82 Å². The minimum absolute atomic E-state index is 0.122. The van der Waals surface area contributed by atoms with Crippen molar-refractivity contribution >= 4 is 11.7 Å². The van der Waals surface area contributed by atoms with Crippen molar-refractivity contribution in [1.29, 1.82) is 0 Å². The summed E-state index contributed by atoms with van der Waals surface area (Å²) < 4.78 is 10.7. The summed E-state index contributed by atoms with van der Waals surface area (Å²) in [5.74, 6) is 2.43. The van der Waals surface area contributed by atoms with Crippen molar-refractivity contribution < 1.29 is 14.3 Å². The zero-order chi connectivity index (χ0) is 17.2. The number of hydrogen-bond donors (Lipinski definition) is 1. The highest BCUT2D eigenvalue weighted by molar-refractivity contribution is 5.80. The smallest absolute Gasteiger partial charge is 0.231 e. The van der Waals surface area contributed by atoms with Gasteiger partial charge in [0.05, 0.1) is 12.5 Å². The zero-order valence-electron chi connectivity index (χ0n) is 14.2. The first-order valence-electron chi connectivity index (χ1n) is 8.56. The topological polar surface area (TPSA) is 63.7 Å². The molecule has 6 heteroatoms. The number of fused-ring (bicyclic) bond motifs is 1. The van der Waals surface area contributed by atoms with Gasteiger partial charge in [-0.1, -0.05) is 6.07 Å². The van der Waals surface area contributed by atoms with E-state index in [2.05, 4.69) is 10.3 Å². The number of carbonyl (C=O) groups is 1. The maximum atomic E-state index is 12.9. The van der Waals surface area contributed by atoms with Crippen LogP contribution in [0.1, 0.15) is 30.0 Å². The minimum Gasteiger partial charge on any atom is -0.454 e. The second-order valence-corrected chi connectivity index (χ2v) is 6.33. The van der Waals surface area contributed by atoms with Gasteiger partial charge < -0.3 is 19.7 Å². The van der Waals surface area contributed by atoms with Gasteiger partial charge in [-0.2, -0.15) is 0 Å². The third-order valence-corrected chi connectivity index (χ3v) is 4.79. The van der Waals surface area contributed by atoms with Gasteiger partial charge >= 0.3 is 0 Å². The Morgan fingerprint density at radius 3 is 3.04 bits per heavy atom. The fraction of sp³-hybridized carbons (Fsp3) is 0.368. The molecule has 2 aliphatic rings. The molecule has 0 bridgehead atoms. The molecule has 1 N–H and O–H groups in total. The van der Waals surface area contributed by atoms with E-state index < -0.39 is 0 Å². The third-order valence-electron chi connectivity index (χ3n) is 4.79. The number of rotatable bonds is 4. The van der Waals surface area contributed by atoms with Crippen LogP contribution in [0, 0.1) is 0 Å². The number of likely N-dealkylation sites (tertiary alicyclic amines) is 1. The Bertz CT molecular complexity index is 793. The molecule has 1 atom stereocenters. The Kier molecular flexibility index (Phi) is 4.17. The Labute approximate surface area is 146 Å². The monoisotopic (exact) mass is 339 g/mol. The molecule has 0 aliphatic carbocycles. The van der Waals surface area contributed by atoms with Crippen molar-refractivity contribution in [3.05, 3.63) is 47.7 Å². The van der Waals surface area contributed by atoms with Crippen LogP contribution in [-0.2, 0) is 11.2 Å². The molecule has 1 aromatic carbocycles. The van der Waals surface area contributed by atoms with Gasteiger partial charge in [0.1, 0.15) is 5.82 Å². The molecule has 2 aromatic rings. The summed E-state index contributed by atoms with van der Waals surface area (Å²) in [7, 11) is 1.85. The number of nitrogens with one attached hydrogen (secondary N) is 1. The van der Waals surface area contributed by atoms with E-state index in [4.69, 9.17) is 9.47 Å². The lowest BCUT2D eigenvalue weighted by Crippen LogP contribution is -2.31. The van der Waals surface area contributed by atoms with Gasteiger partial charge in [-0.15, -0.1) is 0 Å². The summed E-state index contributed by atoms with van der Waals surface area (Å²) in [6.45, 7) is 1.04. The first kappa shape index (κ1) is 15.7. The fourth-order valence-corrected chi connectivity index (χ4v) is 3.53. The van der Waals surface area contributed by atoms with Crippen LogP contribution >= 0.6 is 0 Å². The van der Waals surface area contributed by atoms with E-state index in [1.54, 1.807) is 6.20 Å². The Morgan fingerprint density at radius 2 is 2.16 bits per heavy atom. The Balaban J connectivity index is 1.50. The molecule has 1 amide bonds. The summed E-state index contributed by atoms with van der Waals surface area (Å²) in [6, 6.07) is 9.85. The van der Waals surface area contributed by atoms with Gasteiger partial charge in [-0.05, 0) is 48.2 Å². The number of anilines is 1. The largest absolute Gasteiger partial charge is 0.454 e. The molecule has 1 fully saturated rings. The second kappa shape index (κ2) is 6.63. The number of hydrogen-bond acceptors (Lipinski definition) is 5. The lowest BCUT2D eigenvalue weighted by Gasteiger charge is -2.25. The van der Waals surface area contributed by atoms with E-state index in [-0.39, 0.29) is 18.7 Å². The normalized spacial score (nSPS) is 18.4. The van der Waals surface area contributed by atoms with Crippen LogP contribution in [0.5, 0.6) is 11.5 Å². The quantitative estimate of drug-likeness (QED) is 0.928. The van der Waals surface area contributed by atoms with Gasteiger partial charge in [0, 0.05) is 19.8 Å². The second-order valence-electron chi connectivity index (χ2n) is 6.33. The minimum atomic E-state index is 0.122. The van der Waals surface area contributed by atoms with E-state index in [1.165, 1.54) is 0 Å². The number of aromatic nitrogens is 1. The zero-order valence-corrected chi connectivity index (χ0v) is 14.2. The summed E-state index contributed by atoms with van der Waals surface area (Å²) in [5.41, 5.74) is 2.08. The molecular weight excluding hydrogens is 318 g/mol. The number of benzene rings is 1. The Hall–Kier alpha value is -2.76. The van der Waals surface area contributed by atoms with Crippen molar-refractivity contribution in [1.82, 2.24) is 9.88 Å². The molecule has 130 valence electrons. The van der Waals surface area contributed by atoms with E-state index >= 15 is 0 Å². The third kappa shape index (κ3) is 3.12. The summed E-state index contributed by atoms with van der Waals surface area (Å²) in [5, 5.41) is 3.06. The molecule has 6 nitrogen and oxygen atoms in total. The van der Waals surface area contributed by atoms with Crippen molar-refractivity contribution in [3.8, 4) is 11.5 Å². The molecule has 0 radical (unpaired) electrons. The van der Waals surface area contributed by atoms with Crippen molar-refractivity contribution in [2.75, 3.05) is 25.7 Å². The van der Waals surface area contributed by atoms with E-state index in [0.29, 0.717) is 6.42 Å². The van der Waals surface area contributed by atoms with E-state index in [1.807, 2.05) is 42.3 Å². The van der Waals surface area contributed by atoms with E-state index in [0.717, 1.165) is 47.8 Å². The van der Waals surface area contributed by atoms with Gasteiger partial charge in [-0.3, -0.25) is 4.79 Å². The maximum absolute atomic E-state index is 12.9. The predicted octanol–water partition coefficient (Wildman–Crippen LogP) is 2.76. The number of pyridine rings is 1. The van der Waals surface area contributed by atoms with Crippen LogP contribution < -0.4 is 14.8 Å². The highest BCUT2D eigenvalue weighted by atomic mass is 16.7. The molecule has 0 unspecified atom stereocenters. The van der Waals surface area contributed by atoms with Gasteiger partial charge in [0.2, 0.25) is 12.7 Å². The molecule has 0 saturated carbocycles. The van der Waals surface area contributed by atoms with Gasteiger partial charge in [-0.25, -0.2) is 4.98 Å². The van der Waals surface area contributed by atoms with Crippen molar-refractivity contribution in [3.63, 3.8) is 0 Å². The number of carbonyl (C=O) groups excluding carboxylic acids is 1. The lowest BCUT2D eigenvalue weighted by atomic mass is 10.0. The SMILES string of the molecule is CNc1cc([C@H]2CCCN2C(=O)Cc2ccc3c(c2)OCO3)ccn1. The molecule has 25 heavy (non-hydrogen) atoms. The molecule has 3 heterocycles. The number of ether oxygens (including phenoxy) is 2. The number of amides is 1. The molecular formula is C19H21N3O3. The van der Waals surface area contributed by atoms with Gasteiger partial charge in [0.25, 0.3) is 0 Å². The molecule has 1 aromatic heterocycles. The maximum Gasteiger partial charge on any atom is 0.231 e. The fourth-order valence-electron chi connectivity index (χ4n) is 3.53. The Morgan fingerprint density at radius 1 is 1.28 bits per heavy atom. The first-order chi connectivity index (χ1) is 12.2. The lowest BCUT2D eigenvalue weighted by molar-refractivity contribution is -0.131. The molecule has 2 aliphatic heterocycles. The molecule has 0 spiro atoms. The van der Waals surface area contributed by atoms with Gasteiger partial charge in [0.15, 0.2) is 11.5 Å². The average Bonchev–Trinajstić information content (AvgIpc) is 3.30. The molecule has 1 saturated heterocycles. The van der Waals surface area contributed by atoms with Crippen LogP contribution in [0.2, 0.25) is 0 Å². The highest BCUT2D eigenvalue weighted by Crippen LogP contribution is 2.35. The summed E-state index contributed by atoms with van der Waals surface area (Å²) in [4.78, 5) is 19.1. The summed E-state index contributed by atoms with van der Waals surface area (Å²) >= 11 is 0. The predicted molar refractivity (Wildman–Crippen MR) is 93.7 cm³/mol. The average molecular weight is 339 g/mol. The van der Waals surface area contributed by atoms with Crippen LogP contribution in [0.3, 0.4) is 0 Å². The van der Waals surface area contributed by atoms with Crippen LogP contribution in [0.25, 0.3) is 0 Å². The van der Waals surface area contributed by atoms with Crippen molar-refractivity contribution in [2.45, 2.75) is 25.3 Å². The molecule has 4 rings (SSSR count). The standard InChI is InChI=1S/C19H21N3O3/c1-20-18-11-14(6-7-21-18)15-3-2-8-22(15)19(23)10-13-4-5-16-17(9-13)25-12-24-16/h4-7,9,11,15H,2-3,8,10,12H2,1H3,(H,20,21)/t15-/m1/s1. The number of nitrogens with zero attached hydrogens (tertiary/aromatic N) is 2. The van der Waals surface area contributed by atoms with Crippen LogP contribution in [0.15, 0.2) is 36.5 Å². The van der Waals surface area contributed by atoms with E-state index in [9.17, 15) is 4.79 Å². The van der Waals surface area contributed by atoms with Crippen molar-refractivity contribution in [2.24, 2.45) is 0 Å². The van der Waals surface area contributed by atoms with Crippen LogP contribution in [-0.4, -0.2) is 36.2 Å².